The van der Waals surface area contributed by atoms with Gasteiger partial charge in [0, 0.05) is 13.0 Å². The van der Waals surface area contributed by atoms with Crippen LogP contribution in [0.15, 0.2) is 24.3 Å². The van der Waals surface area contributed by atoms with Crippen molar-refractivity contribution < 1.29 is 24.2 Å². The van der Waals surface area contributed by atoms with E-state index in [-0.39, 0.29) is 31.4 Å². The third kappa shape index (κ3) is 3.66. The molecule has 0 spiro atoms. The molecule has 7 nitrogen and oxygen atoms in total. The monoisotopic (exact) mass is 360 g/mol. The molecule has 2 N–H and O–H groups in total. The first-order valence-corrected chi connectivity index (χ1v) is 8.97. The number of amides is 2. The second kappa shape index (κ2) is 7.35. The normalized spacial score (nSPS) is 25.2. The highest BCUT2D eigenvalue weighted by molar-refractivity contribution is 5.98. The van der Waals surface area contributed by atoms with Crippen molar-refractivity contribution in [1.29, 1.82) is 0 Å². The summed E-state index contributed by atoms with van der Waals surface area (Å²) in [5, 5.41) is 12.4. The van der Waals surface area contributed by atoms with Gasteiger partial charge < -0.3 is 20.1 Å². The van der Waals surface area contributed by atoms with Crippen molar-refractivity contribution in [2.75, 3.05) is 18.1 Å². The molecule has 0 saturated heterocycles. The number of nitrogens with one attached hydrogen (secondary N) is 1. The van der Waals surface area contributed by atoms with Crippen molar-refractivity contribution in [2.24, 2.45) is 5.92 Å². The second-order valence-corrected chi connectivity index (χ2v) is 7.15. The van der Waals surface area contributed by atoms with Crippen LogP contribution in [0.25, 0.3) is 0 Å². The molecular weight excluding hydrogens is 336 g/mol. The maximum Gasteiger partial charge on any atom is 0.308 e. The van der Waals surface area contributed by atoms with E-state index >= 15 is 0 Å². The molecule has 3 rings (SSSR count). The van der Waals surface area contributed by atoms with Crippen LogP contribution in [-0.4, -0.2) is 41.6 Å². The number of hydrogen-bond donors (Lipinski definition) is 2. The number of nitrogens with zero attached hydrogens (tertiary/aromatic N) is 1. The van der Waals surface area contributed by atoms with Crippen molar-refractivity contribution in [3.63, 3.8) is 0 Å². The average molecular weight is 360 g/mol. The van der Waals surface area contributed by atoms with Gasteiger partial charge in [0.2, 0.25) is 5.91 Å². The molecule has 0 radical (unpaired) electrons. The van der Waals surface area contributed by atoms with E-state index in [1.54, 1.807) is 24.0 Å². The van der Waals surface area contributed by atoms with Gasteiger partial charge in [-0.05, 0) is 31.9 Å². The van der Waals surface area contributed by atoms with Crippen molar-refractivity contribution in [1.82, 2.24) is 5.32 Å². The van der Waals surface area contributed by atoms with E-state index in [2.05, 4.69) is 5.32 Å². The number of carbonyl (C=O) groups excluding carboxylic acids is 2. The van der Waals surface area contributed by atoms with E-state index < -0.39 is 17.4 Å². The minimum absolute atomic E-state index is 0.0442. The zero-order valence-corrected chi connectivity index (χ0v) is 14.9. The Bertz CT molecular complexity index is 720. The van der Waals surface area contributed by atoms with E-state index in [1.165, 1.54) is 0 Å². The number of rotatable bonds is 5. The molecule has 7 heteroatoms. The van der Waals surface area contributed by atoms with Gasteiger partial charge in [0.1, 0.15) is 5.75 Å². The molecule has 1 saturated carbocycles. The zero-order chi connectivity index (χ0) is 18.7. The van der Waals surface area contributed by atoms with E-state index in [9.17, 15) is 19.5 Å². The Hall–Kier alpha value is -2.57. The third-order valence-electron chi connectivity index (χ3n) is 5.30. The van der Waals surface area contributed by atoms with Gasteiger partial charge in [0.05, 0.1) is 17.1 Å². The number of benzene rings is 1. The lowest BCUT2D eigenvalue weighted by atomic mass is 9.74. The van der Waals surface area contributed by atoms with Crippen LogP contribution < -0.4 is 15.0 Å². The molecule has 140 valence electrons. The first kappa shape index (κ1) is 18.2. The van der Waals surface area contributed by atoms with Crippen molar-refractivity contribution >= 4 is 23.5 Å². The van der Waals surface area contributed by atoms with Crippen LogP contribution in [0.3, 0.4) is 0 Å². The van der Waals surface area contributed by atoms with Gasteiger partial charge in [-0.15, -0.1) is 0 Å². The maximum absolute atomic E-state index is 12.5. The lowest BCUT2D eigenvalue weighted by Crippen LogP contribution is -2.55. The minimum Gasteiger partial charge on any atom is -0.482 e. The molecule has 0 aromatic heterocycles. The number of fused-ring (bicyclic) bond motifs is 1. The summed E-state index contributed by atoms with van der Waals surface area (Å²) in [7, 11) is 0. The number of carboxylic acids is 1. The summed E-state index contributed by atoms with van der Waals surface area (Å²) in [6.07, 6.45) is 3.09. The highest BCUT2D eigenvalue weighted by atomic mass is 16.5. The van der Waals surface area contributed by atoms with Crippen molar-refractivity contribution in [3.05, 3.63) is 24.3 Å². The fraction of sp³-hybridized carbons (Fsp3) is 0.526. The first-order valence-electron chi connectivity index (χ1n) is 8.97. The molecule has 1 heterocycles. The van der Waals surface area contributed by atoms with Crippen LogP contribution in [-0.2, 0) is 14.4 Å². The van der Waals surface area contributed by atoms with E-state index in [1.807, 2.05) is 12.1 Å². The van der Waals surface area contributed by atoms with Gasteiger partial charge >= 0.3 is 5.97 Å². The number of aliphatic carboxylic acids is 1. The van der Waals surface area contributed by atoms with Gasteiger partial charge in [0.15, 0.2) is 6.61 Å². The Morgan fingerprint density at radius 1 is 1.35 bits per heavy atom. The molecule has 26 heavy (non-hydrogen) atoms. The SMILES string of the molecule is CC1(NC(=O)CCN2C(=O)COc3ccccc32)CCCCC1C(=O)O. The number of anilines is 1. The van der Waals surface area contributed by atoms with Crippen molar-refractivity contribution in [3.8, 4) is 5.75 Å². The number of carbonyl (C=O) groups is 3. The Balaban J connectivity index is 1.64. The molecule has 1 aromatic carbocycles. The van der Waals surface area contributed by atoms with Gasteiger partial charge in [0.25, 0.3) is 5.91 Å². The quantitative estimate of drug-likeness (QED) is 0.837. The largest absolute Gasteiger partial charge is 0.482 e. The predicted octanol–water partition coefficient (Wildman–Crippen LogP) is 1.95. The first-order chi connectivity index (χ1) is 12.4. The highest BCUT2D eigenvalue weighted by Gasteiger charge is 2.42. The van der Waals surface area contributed by atoms with Gasteiger partial charge in [-0.2, -0.15) is 0 Å². The fourth-order valence-electron chi connectivity index (χ4n) is 3.87. The van der Waals surface area contributed by atoms with Crippen LogP contribution in [0, 0.1) is 5.92 Å². The smallest absolute Gasteiger partial charge is 0.308 e. The molecule has 1 fully saturated rings. The minimum atomic E-state index is -0.871. The summed E-state index contributed by atoms with van der Waals surface area (Å²) in [5.74, 6) is -1.25. The number of carboxylic acid groups (broad SMARTS) is 1. The number of hydrogen-bond acceptors (Lipinski definition) is 4. The Morgan fingerprint density at radius 2 is 2.12 bits per heavy atom. The van der Waals surface area contributed by atoms with Gasteiger partial charge in [-0.3, -0.25) is 14.4 Å². The van der Waals surface area contributed by atoms with Crippen molar-refractivity contribution in [2.45, 2.75) is 44.6 Å². The Labute approximate surface area is 152 Å². The molecule has 1 aliphatic carbocycles. The summed E-state index contributed by atoms with van der Waals surface area (Å²) in [4.78, 5) is 37.7. The summed E-state index contributed by atoms with van der Waals surface area (Å²) in [6.45, 7) is 1.99. The third-order valence-corrected chi connectivity index (χ3v) is 5.30. The molecular formula is C19H24N2O5. The Morgan fingerprint density at radius 3 is 2.88 bits per heavy atom. The van der Waals surface area contributed by atoms with Gasteiger partial charge in [-0.1, -0.05) is 25.0 Å². The van der Waals surface area contributed by atoms with E-state index in [0.717, 1.165) is 12.8 Å². The molecule has 0 bridgehead atoms. The highest BCUT2D eigenvalue weighted by Crippen LogP contribution is 2.34. The van der Waals surface area contributed by atoms with Crippen LogP contribution in [0.5, 0.6) is 5.75 Å². The van der Waals surface area contributed by atoms with Crippen LogP contribution in [0.1, 0.15) is 39.0 Å². The van der Waals surface area contributed by atoms with Gasteiger partial charge in [-0.25, -0.2) is 0 Å². The van der Waals surface area contributed by atoms with E-state index in [4.69, 9.17) is 4.74 Å². The average Bonchev–Trinajstić information content (AvgIpc) is 2.60. The van der Waals surface area contributed by atoms with E-state index in [0.29, 0.717) is 24.3 Å². The maximum atomic E-state index is 12.5. The summed E-state index contributed by atoms with van der Waals surface area (Å²) >= 11 is 0. The topological polar surface area (TPSA) is 95.9 Å². The lowest BCUT2D eigenvalue weighted by molar-refractivity contribution is -0.146. The standard InChI is InChI=1S/C19H24N2O5/c1-19(10-5-4-6-13(19)18(24)25)20-16(22)9-11-21-14-7-2-3-8-15(14)26-12-17(21)23/h2-3,7-8,13H,4-6,9-12H2,1H3,(H,20,22)(H,24,25). The molecule has 2 unspecified atom stereocenters. The molecule has 2 atom stereocenters. The predicted molar refractivity (Wildman–Crippen MR) is 95.0 cm³/mol. The lowest BCUT2D eigenvalue weighted by Gasteiger charge is -2.40. The summed E-state index contributed by atoms with van der Waals surface area (Å²) < 4.78 is 5.39. The fourth-order valence-corrected chi connectivity index (χ4v) is 3.87. The van der Waals surface area contributed by atoms with Crippen LogP contribution in [0.4, 0.5) is 5.69 Å². The summed E-state index contributed by atoms with van der Waals surface area (Å²) in [6, 6.07) is 7.21. The summed E-state index contributed by atoms with van der Waals surface area (Å²) in [5.41, 5.74) is -0.0856. The molecule has 1 aromatic rings. The number of para-hydroxylation sites is 2. The molecule has 2 aliphatic rings. The molecule has 1 aliphatic heterocycles. The zero-order valence-electron chi connectivity index (χ0n) is 14.9. The van der Waals surface area contributed by atoms with Crippen LogP contribution in [0.2, 0.25) is 0 Å². The number of ether oxygens (including phenoxy) is 1. The Kier molecular flexibility index (Phi) is 5.15. The second-order valence-electron chi connectivity index (χ2n) is 7.15. The van der Waals surface area contributed by atoms with Crippen LogP contribution >= 0.6 is 0 Å². The molecule has 2 amide bonds.